The largest absolute Gasteiger partial charge is 0.326 e. The molecule has 0 aromatic carbocycles. The van der Waals surface area contributed by atoms with E-state index in [2.05, 4.69) is 9.71 Å². The fraction of sp³-hybridized carbons (Fsp3) is 0.250. The SMILES string of the molecule is NCc1csc(S(=O)(=O)NCCc2ccncc2)c1. The minimum atomic E-state index is -3.42. The first-order valence-corrected chi connectivity index (χ1v) is 8.14. The Labute approximate surface area is 116 Å². The van der Waals surface area contributed by atoms with Crippen molar-refractivity contribution in [2.45, 2.75) is 17.2 Å². The van der Waals surface area contributed by atoms with E-state index in [0.717, 1.165) is 11.1 Å². The number of nitrogens with two attached hydrogens (primary N) is 1. The lowest BCUT2D eigenvalue weighted by Crippen LogP contribution is -2.25. The number of rotatable bonds is 6. The van der Waals surface area contributed by atoms with E-state index in [4.69, 9.17) is 5.73 Å². The maximum Gasteiger partial charge on any atom is 0.250 e. The molecular formula is C12H15N3O2S2. The van der Waals surface area contributed by atoms with Crippen LogP contribution in [-0.4, -0.2) is 19.9 Å². The third kappa shape index (κ3) is 3.84. The van der Waals surface area contributed by atoms with Crippen LogP contribution in [0.2, 0.25) is 0 Å². The molecule has 7 heteroatoms. The molecule has 0 saturated heterocycles. The number of nitrogens with zero attached hydrogens (tertiary/aromatic N) is 1. The Morgan fingerprint density at radius 1 is 1.26 bits per heavy atom. The average Bonchev–Trinajstić information content (AvgIpc) is 2.89. The highest BCUT2D eigenvalue weighted by atomic mass is 32.2. The van der Waals surface area contributed by atoms with Crippen LogP contribution in [0.1, 0.15) is 11.1 Å². The summed E-state index contributed by atoms with van der Waals surface area (Å²) >= 11 is 1.19. The molecule has 0 radical (unpaired) electrons. The van der Waals surface area contributed by atoms with Crippen LogP contribution in [0.3, 0.4) is 0 Å². The molecule has 0 unspecified atom stereocenters. The number of nitrogens with one attached hydrogen (secondary N) is 1. The van der Waals surface area contributed by atoms with Gasteiger partial charge in [-0.1, -0.05) is 0 Å². The normalized spacial score (nSPS) is 11.6. The van der Waals surface area contributed by atoms with Crippen LogP contribution in [0.4, 0.5) is 0 Å². The Balaban J connectivity index is 1.94. The summed E-state index contributed by atoms with van der Waals surface area (Å²) in [5.74, 6) is 0. The van der Waals surface area contributed by atoms with Gasteiger partial charge in [-0.05, 0) is 41.1 Å². The molecule has 0 aliphatic rings. The Morgan fingerprint density at radius 2 is 2.00 bits per heavy atom. The van der Waals surface area contributed by atoms with Crippen LogP contribution in [0.5, 0.6) is 0 Å². The van der Waals surface area contributed by atoms with Crippen molar-refractivity contribution in [1.82, 2.24) is 9.71 Å². The molecule has 3 N–H and O–H groups in total. The van der Waals surface area contributed by atoms with Crippen molar-refractivity contribution in [2.75, 3.05) is 6.54 Å². The summed E-state index contributed by atoms with van der Waals surface area (Å²) in [7, 11) is -3.42. The van der Waals surface area contributed by atoms with Crippen LogP contribution in [0.25, 0.3) is 0 Å². The molecule has 0 aliphatic carbocycles. The minimum Gasteiger partial charge on any atom is -0.326 e. The van der Waals surface area contributed by atoms with Crippen molar-refractivity contribution in [3.63, 3.8) is 0 Å². The lowest BCUT2D eigenvalue weighted by molar-refractivity contribution is 0.583. The first-order valence-electron chi connectivity index (χ1n) is 5.78. The summed E-state index contributed by atoms with van der Waals surface area (Å²) in [4.78, 5) is 3.91. The van der Waals surface area contributed by atoms with Gasteiger partial charge in [0, 0.05) is 25.5 Å². The molecule has 0 atom stereocenters. The molecule has 102 valence electrons. The monoisotopic (exact) mass is 297 g/mol. The van der Waals surface area contributed by atoms with Gasteiger partial charge in [-0.3, -0.25) is 4.98 Å². The summed E-state index contributed by atoms with van der Waals surface area (Å²) in [6.07, 6.45) is 4.02. The molecule has 0 aliphatic heterocycles. The summed E-state index contributed by atoms with van der Waals surface area (Å²) in [5, 5.41) is 1.76. The lowest BCUT2D eigenvalue weighted by Gasteiger charge is -2.04. The van der Waals surface area contributed by atoms with Gasteiger partial charge in [0.1, 0.15) is 4.21 Å². The minimum absolute atomic E-state index is 0.308. The van der Waals surface area contributed by atoms with Gasteiger partial charge in [0.2, 0.25) is 10.0 Å². The average molecular weight is 297 g/mol. The predicted octanol–water partition coefficient (Wildman–Crippen LogP) is 1.12. The molecule has 2 aromatic heterocycles. The van der Waals surface area contributed by atoms with Gasteiger partial charge in [0.05, 0.1) is 0 Å². The van der Waals surface area contributed by atoms with Crippen LogP contribution in [0, 0.1) is 0 Å². The van der Waals surface area contributed by atoms with Crippen molar-refractivity contribution in [2.24, 2.45) is 5.73 Å². The van der Waals surface area contributed by atoms with Crippen molar-refractivity contribution in [3.8, 4) is 0 Å². The van der Waals surface area contributed by atoms with Gasteiger partial charge in [-0.25, -0.2) is 13.1 Å². The number of sulfonamides is 1. The number of aromatic nitrogens is 1. The first kappa shape index (κ1) is 14.1. The van der Waals surface area contributed by atoms with E-state index in [1.54, 1.807) is 23.8 Å². The van der Waals surface area contributed by atoms with E-state index in [1.807, 2.05) is 12.1 Å². The summed E-state index contributed by atoms with van der Waals surface area (Å²) < 4.78 is 26.9. The quantitative estimate of drug-likeness (QED) is 0.837. The fourth-order valence-corrected chi connectivity index (χ4v) is 3.85. The molecule has 0 saturated carbocycles. The number of hydrogen-bond donors (Lipinski definition) is 2. The smallest absolute Gasteiger partial charge is 0.250 e. The third-order valence-corrected chi connectivity index (χ3v) is 5.53. The van der Waals surface area contributed by atoms with Crippen molar-refractivity contribution >= 4 is 21.4 Å². The van der Waals surface area contributed by atoms with E-state index < -0.39 is 10.0 Å². The van der Waals surface area contributed by atoms with E-state index in [1.165, 1.54) is 11.3 Å². The first-order chi connectivity index (χ1) is 9.12. The van der Waals surface area contributed by atoms with Crippen LogP contribution < -0.4 is 10.5 Å². The van der Waals surface area contributed by atoms with Gasteiger partial charge in [-0.15, -0.1) is 11.3 Å². The highest BCUT2D eigenvalue weighted by Crippen LogP contribution is 2.19. The van der Waals surface area contributed by atoms with Crippen molar-refractivity contribution in [3.05, 3.63) is 47.1 Å². The number of hydrogen-bond acceptors (Lipinski definition) is 5. The molecule has 0 bridgehead atoms. The topological polar surface area (TPSA) is 85.1 Å². The molecule has 5 nitrogen and oxygen atoms in total. The Kier molecular flexibility index (Phi) is 4.65. The molecule has 0 amide bonds. The fourth-order valence-electron chi connectivity index (χ4n) is 1.55. The van der Waals surface area contributed by atoms with E-state index >= 15 is 0 Å². The summed E-state index contributed by atoms with van der Waals surface area (Å²) in [6.45, 7) is 0.714. The molecule has 0 spiro atoms. The highest BCUT2D eigenvalue weighted by Gasteiger charge is 2.15. The van der Waals surface area contributed by atoms with Crippen molar-refractivity contribution < 1.29 is 8.42 Å². The van der Waals surface area contributed by atoms with Gasteiger partial charge in [0.15, 0.2) is 0 Å². The summed E-state index contributed by atoms with van der Waals surface area (Å²) in [6, 6.07) is 5.34. The molecule has 2 rings (SSSR count). The van der Waals surface area contributed by atoms with Gasteiger partial charge >= 0.3 is 0 Å². The predicted molar refractivity (Wildman–Crippen MR) is 75.3 cm³/mol. The highest BCUT2D eigenvalue weighted by molar-refractivity contribution is 7.91. The lowest BCUT2D eigenvalue weighted by atomic mass is 10.2. The van der Waals surface area contributed by atoms with Gasteiger partial charge in [0.25, 0.3) is 0 Å². The Hall–Kier alpha value is -1.28. The van der Waals surface area contributed by atoms with Crippen molar-refractivity contribution in [1.29, 1.82) is 0 Å². The standard InChI is InChI=1S/C12H15N3O2S2/c13-8-11-7-12(18-9-11)19(16,17)15-6-3-10-1-4-14-5-2-10/h1-2,4-5,7,9,15H,3,6,8,13H2. The van der Waals surface area contributed by atoms with Gasteiger partial charge in [-0.2, -0.15) is 0 Å². The number of pyridine rings is 1. The molecule has 0 fully saturated rings. The van der Waals surface area contributed by atoms with Gasteiger partial charge < -0.3 is 5.73 Å². The zero-order valence-electron chi connectivity index (χ0n) is 10.2. The van der Waals surface area contributed by atoms with Crippen LogP contribution in [-0.2, 0) is 23.0 Å². The zero-order valence-corrected chi connectivity index (χ0v) is 11.9. The van der Waals surface area contributed by atoms with E-state index in [9.17, 15) is 8.42 Å². The molecular weight excluding hydrogens is 282 g/mol. The number of thiophene rings is 1. The van der Waals surface area contributed by atoms with Crippen LogP contribution >= 0.6 is 11.3 Å². The maximum atomic E-state index is 12.0. The van der Waals surface area contributed by atoms with Crippen LogP contribution in [0.15, 0.2) is 40.2 Å². The third-order valence-electron chi connectivity index (χ3n) is 2.59. The Bertz CT molecular complexity index is 623. The molecule has 19 heavy (non-hydrogen) atoms. The molecule has 2 heterocycles. The van der Waals surface area contributed by atoms with E-state index in [0.29, 0.717) is 23.7 Å². The zero-order chi connectivity index (χ0) is 13.7. The maximum absolute atomic E-state index is 12.0. The van der Waals surface area contributed by atoms with E-state index in [-0.39, 0.29) is 0 Å². The summed E-state index contributed by atoms with van der Waals surface area (Å²) in [5.41, 5.74) is 7.35. The molecule has 2 aromatic rings. The second-order valence-electron chi connectivity index (χ2n) is 3.98. The Morgan fingerprint density at radius 3 is 2.63 bits per heavy atom. The second-order valence-corrected chi connectivity index (χ2v) is 6.89. The second kappa shape index (κ2) is 6.25.